The van der Waals surface area contributed by atoms with Crippen LogP contribution in [-0.4, -0.2) is 35.9 Å². The summed E-state index contributed by atoms with van der Waals surface area (Å²) >= 11 is 0. The van der Waals surface area contributed by atoms with Gasteiger partial charge in [-0.2, -0.15) is 5.10 Å². The van der Waals surface area contributed by atoms with Gasteiger partial charge in [0.15, 0.2) is 5.82 Å². The molecule has 18 heavy (non-hydrogen) atoms. The van der Waals surface area contributed by atoms with Gasteiger partial charge in [-0.15, -0.1) is 5.10 Å². The largest absolute Gasteiger partial charge is 0.351 e. The lowest BCUT2D eigenvalue weighted by atomic mass is 10.2. The Kier molecular flexibility index (Phi) is 4.70. The molecule has 1 aromatic rings. The maximum Gasteiger partial charge on any atom is 0.151 e. The fourth-order valence-corrected chi connectivity index (χ4v) is 2.32. The molecule has 0 radical (unpaired) electrons. The van der Waals surface area contributed by atoms with Gasteiger partial charge in [0, 0.05) is 31.9 Å². The zero-order valence-corrected chi connectivity index (χ0v) is 11.3. The fourth-order valence-electron chi connectivity index (χ4n) is 2.32. The van der Waals surface area contributed by atoms with Gasteiger partial charge in [-0.1, -0.05) is 11.6 Å². The third-order valence-corrected chi connectivity index (χ3v) is 3.26. The lowest BCUT2D eigenvalue weighted by Crippen LogP contribution is -2.38. The Morgan fingerprint density at radius 2 is 2.44 bits per heavy atom. The summed E-state index contributed by atoms with van der Waals surface area (Å²) in [5.41, 5.74) is 1.36. The van der Waals surface area contributed by atoms with Crippen LogP contribution in [0.15, 0.2) is 30.0 Å². The second kappa shape index (κ2) is 6.50. The van der Waals surface area contributed by atoms with E-state index < -0.39 is 0 Å². The molecule has 0 spiro atoms. The first-order valence-corrected chi connectivity index (χ1v) is 6.66. The maximum absolute atomic E-state index is 4.20. The number of rotatable bonds is 5. The minimum atomic E-state index is 0.548. The smallest absolute Gasteiger partial charge is 0.151 e. The Bertz CT molecular complexity index is 384. The average Bonchev–Trinajstić information content (AvgIpc) is 2.84. The molecule has 0 aliphatic carbocycles. The van der Waals surface area contributed by atoms with Crippen LogP contribution in [0.25, 0.3) is 0 Å². The predicted octanol–water partition coefficient (Wildman–Crippen LogP) is 2.00. The molecule has 98 valence electrons. The van der Waals surface area contributed by atoms with E-state index in [9.17, 15) is 0 Å². The van der Waals surface area contributed by atoms with Crippen molar-refractivity contribution in [2.24, 2.45) is 0 Å². The van der Waals surface area contributed by atoms with Gasteiger partial charge in [0.1, 0.15) is 0 Å². The standard InChI is InChI=1S/C14H22N4/c1-12(2)7-9-15-11-13-5-4-10-18(13)14-6-3-8-16-17-14/h3,6-8,13,15H,4-5,9-11H2,1-2H3/t13-/m1/s1. The van der Waals surface area contributed by atoms with Crippen molar-refractivity contribution in [2.75, 3.05) is 24.5 Å². The Morgan fingerprint density at radius 3 is 3.17 bits per heavy atom. The number of hydrogen-bond acceptors (Lipinski definition) is 4. The topological polar surface area (TPSA) is 41.0 Å². The number of hydrogen-bond donors (Lipinski definition) is 1. The lowest BCUT2D eigenvalue weighted by molar-refractivity contribution is 0.592. The van der Waals surface area contributed by atoms with Gasteiger partial charge < -0.3 is 10.2 Å². The van der Waals surface area contributed by atoms with E-state index in [0.717, 1.165) is 25.5 Å². The maximum atomic E-state index is 4.20. The molecule has 0 unspecified atom stereocenters. The molecule has 1 saturated heterocycles. The zero-order chi connectivity index (χ0) is 12.8. The summed E-state index contributed by atoms with van der Waals surface area (Å²) in [6.45, 7) is 7.31. The molecule has 1 fully saturated rings. The van der Waals surface area contributed by atoms with Crippen LogP contribution in [0.4, 0.5) is 5.82 Å². The molecule has 1 atom stereocenters. The van der Waals surface area contributed by atoms with Crippen LogP contribution >= 0.6 is 0 Å². The van der Waals surface area contributed by atoms with E-state index >= 15 is 0 Å². The van der Waals surface area contributed by atoms with Gasteiger partial charge in [-0.25, -0.2) is 0 Å². The van der Waals surface area contributed by atoms with Gasteiger partial charge in [-0.3, -0.25) is 0 Å². The first-order valence-electron chi connectivity index (χ1n) is 6.66. The Labute approximate surface area is 109 Å². The predicted molar refractivity (Wildman–Crippen MR) is 74.7 cm³/mol. The molecule has 1 aliphatic heterocycles. The second-order valence-electron chi connectivity index (χ2n) is 5.01. The molecule has 1 aliphatic rings. The van der Waals surface area contributed by atoms with E-state index in [1.54, 1.807) is 6.20 Å². The van der Waals surface area contributed by atoms with Crippen molar-refractivity contribution < 1.29 is 0 Å². The van der Waals surface area contributed by atoms with Crippen molar-refractivity contribution in [3.8, 4) is 0 Å². The normalized spacial score (nSPS) is 19.0. The van der Waals surface area contributed by atoms with Gasteiger partial charge in [0.2, 0.25) is 0 Å². The molecule has 4 heteroatoms. The van der Waals surface area contributed by atoms with Gasteiger partial charge in [-0.05, 0) is 38.8 Å². The highest BCUT2D eigenvalue weighted by atomic mass is 15.3. The Hall–Kier alpha value is -1.42. The summed E-state index contributed by atoms with van der Waals surface area (Å²) in [7, 11) is 0. The number of allylic oxidation sites excluding steroid dienone is 1. The fraction of sp³-hybridized carbons (Fsp3) is 0.571. The van der Waals surface area contributed by atoms with E-state index in [0.29, 0.717) is 6.04 Å². The molecule has 4 nitrogen and oxygen atoms in total. The molecule has 1 N–H and O–H groups in total. The highest BCUT2D eigenvalue weighted by Crippen LogP contribution is 2.22. The molecule has 0 saturated carbocycles. The third-order valence-electron chi connectivity index (χ3n) is 3.26. The van der Waals surface area contributed by atoms with E-state index in [1.807, 2.05) is 12.1 Å². The van der Waals surface area contributed by atoms with Gasteiger partial charge in [0.05, 0.1) is 0 Å². The minimum Gasteiger partial charge on any atom is -0.351 e. The van der Waals surface area contributed by atoms with E-state index in [4.69, 9.17) is 0 Å². The lowest BCUT2D eigenvalue weighted by Gasteiger charge is -2.25. The first kappa shape index (κ1) is 13.0. The number of nitrogens with zero attached hydrogens (tertiary/aromatic N) is 3. The van der Waals surface area contributed by atoms with E-state index in [-0.39, 0.29) is 0 Å². The van der Waals surface area contributed by atoms with Crippen LogP contribution in [-0.2, 0) is 0 Å². The van der Waals surface area contributed by atoms with Crippen molar-refractivity contribution in [3.05, 3.63) is 30.0 Å². The molecule has 0 bridgehead atoms. The summed E-state index contributed by atoms with van der Waals surface area (Å²) in [6.07, 6.45) is 6.42. The number of nitrogens with one attached hydrogen (secondary N) is 1. The summed E-state index contributed by atoms with van der Waals surface area (Å²) in [4.78, 5) is 2.36. The highest BCUT2D eigenvalue weighted by molar-refractivity contribution is 5.39. The quantitative estimate of drug-likeness (QED) is 0.637. The van der Waals surface area contributed by atoms with Crippen molar-refractivity contribution in [3.63, 3.8) is 0 Å². The molecular formula is C14H22N4. The Balaban J connectivity index is 1.86. The average molecular weight is 246 g/mol. The van der Waals surface area contributed by atoms with Crippen molar-refractivity contribution >= 4 is 5.82 Å². The molecule has 1 aromatic heterocycles. The molecule has 0 aromatic carbocycles. The molecular weight excluding hydrogens is 224 g/mol. The van der Waals surface area contributed by atoms with E-state index in [1.165, 1.54) is 18.4 Å². The van der Waals surface area contributed by atoms with E-state index in [2.05, 4.69) is 40.3 Å². The molecule has 2 heterocycles. The van der Waals surface area contributed by atoms with Crippen LogP contribution in [0.2, 0.25) is 0 Å². The SMILES string of the molecule is CC(C)=CCNC[C@H]1CCCN1c1cccnn1. The van der Waals surface area contributed by atoms with Crippen LogP contribution in [0.3, 0.4) is 0 Å². The Morgan fingerprint density at radius 1 is 1.56 bits per heavy atom. The van der Waals surface area contributed by atoms with Crippen LogP contribution in [0.1, 0.15) is 26.7 Å². The van der Waals surface area contributed by atoms with Crippen LogP contribution in [0.5, 0.6) is 0 Å². The van der Waals surface area contributed by atoms with Crippen LogP contribution < -0.4 is 10.2 Å². The summed E-state index contributed by atoms with van der Waals surface area (Å²) in [5, 5.41) is 11.7. The van der Waals surface area contributed by atoms with Gasteiger partial charge in [0.25, 0.3) is 0 Å². The van der Waals surface area contributed by atoms with Crippen molar-refractivity contribution in [2.45, 2.75) is 32.7 Å². The third kappa shape index (κ3) is 3.53. The van der Waals surface area contributed by atoms with Crippen molar-refractivity contribution in [1.82, 2.24) is 15.5 Å². The first-order chi connectivity index (χ1) is 8.77. The second-order valence-corrected chi connectivity index (χ2v) is 5.01. The summed E-state index contributed by atoms with van der Waals surface area (Å²) in [6, 6.07) is 4.54. The monoisotopic (exact) mass is 246 g/mol. The minimum absolute atomic E-state index is 0.548. The highest BCUT2D eigenvalue weighted by Gasteiger charge is 2.24. The summed E-state index contributed by atoms with van der Waals surface area (Å²) in [5.74, 6) is 1.00. The van der Waals surface area contributed by atoms with Gasteiger partial charge >= 0.3 is 0 Å². The molecule has 0 amide bonds. The summed E-state index contributed by atoms with van der Waals surface area (Å²) < 4.78 is 0. The zero-order valence-electron chi connectivity index (χ0n) is 11.3. The molecule has 2 rings (SSSR count). The van der Waals surface area contributed by atoms with Crippen molar-refractivity contribution in [1.29, 1.82) is 0 Å². The van der Waals surface area contributed by atoms with Crippen LogP contribution in [0, 0.1) is 0 Å². The number of aromatic nitrogens is 2. The number of anilines is 1.